The summed E-state index contributed by atoms with van der Waals surface area (Å²) in [5.74, 6) is 0.683. The molecule has 1 aromatic heterocycles. The maximum absolute atomic E-state index is 13.5. The number of halogens is 3. The molecule has 0 saturated carbocycles. The van der Waals surface area contributed by atoms with Crippen molar-refractivity contribution >= 4 is 6.09 Å². The highest BCUT2D eigenvalue weighted by Gasteiger charge is 2.47. The molecule has 1 aromatic carbocycles. The standard InChI is InChI=1S/C26H28F3N3O5/c1-34-21-5-2-18(3-6-21)15-35-17-23(26(27,28)29)37-24(33)32-10-8-25(9-11-32)12-20(16-36-25)22-7-4-19(13-30)14-31-22/h2-7,14,20,23H,8-12,15-17H2,1H3. The van der Waals surface area contributed by atoms with Gasteiger partial charge in [-0.15, -0.1) is 0 Å². The number of carbonyl (C=O) groups excluding carboxylic acids is 1. The van der Waals surface area contributed by atoms with Gasteiger partial charge in [0.25, 0.3) is 0 Å². The zero-order valence-corrected chi connectivity index (χ0v) is 20.4. The van der Waals surface area contributed by atoms with Crippen LogP contribution in [0.15, 0.2) is 42.6 Å². The zero-order valence-electron chi connectivity index (χ0n) is 20.4. The number of nitrogens with zero attached hydrogens (tertiary/aromatic N) is 3. The molecule has 2 aliphatic rings. The summed E-state index contributed by atoms with van der Waals surface area (Å²) in [5, 5.41) is 8.94. The number of hydrogen-bond acceptors (Lipinski definition) is 7. The average molecular weight is 520 g/mol. The number of rotatable bonds is 7. The molecular formula is C26H28F3N3O5. The number of piperidine rings is 1. The second-order valence-electron chi connectivity index (χ2n) is 9.24. The summed E-state index contributed by atoms with van der Waals surface area (Å²) in [6.45, 7) is 0.0483. The van der Waals surface area contributed by atoms with Crippen LogP contribution >= 0.6 is 0 Å². The summed E-state index contributed by atoms with van der Waals surface area (Å²) in [4.78, 5) is 18.2. The molecule has 1 amide bonds. The molecule has 4 rings (SSSR count). The molecule has 0 bridgehead atoms. The Labute approximate surface area is 212 Å². The van der Waals surface area contributed by atoms with E-state index in [0.717, 1.165) is 5.69 Å². The Hall–Kier alpha value is -3.36. The van der Waals surface area contributed by atoms with E-state index >= 15 is 0 Å². The third-order valence-electron chi connectivity index (χ3n) is 6.78. The molecular weight excluding hydrogens is 491 g/mol. The number of likely N-dealkylation sites (tertiary alicyclic amines) is 1. The molecule has 1 spiro atoms. The number of nitriles is 1. The average Bonchev–Trinajstić information content (AvgIpc) is 3.31. The Morgan fingerprint density at radius 2 is 1.97 bits per heavy atom. The van der Waals surface area contributed by atoms with Crippen LogP contribution in [-0.2, 0) is 20.8 Å². The van der Waals surface area contributed by atoms with E-state index < -0.39 is 30.6 Å². The molecule has 198 valence electrons. The first kappa shape index (κ1) is 26.7. The van der Waals surface area contributed by atoms with Crippen LogP contribution in [0.25, 0.3) is 0 Å². The Morgan fingerprint density at radius 1 is 1.24 bits per heavy atom. The lowest BCUT2D eigenvalue weighted by Crippen LogP contribution is -2.49. The number of hydrogen-bond donors (Lipinski definition) is 0. The number of methoxy groups -OCH3 is 1. The van der Waals surface area contributed by atoms with Gasteiger partial charge in [-0.05, 0) is 49.1 Å². The van der Waals surface area contributed by atoms with Gasteiger partial charge in [-0.1, -0.05) is 12.1 Å². The summed E-state index contributed by atoms with van der Waals surface area (Å²) in [6, 6.07) is 12.3. The predicted octanol–water partition coefficient (Wildman–Crippen LogP) is 4.58. The molecule has 2 aliphatic heterocycles. The van der Waals surface area contributed by atoms with Gasteiger partial charge >= 0.3 is 12.3 Å². The molecule has 0 radical (unpaired) electrons. The van der Waals surface area contributed by atoms with Gasteiger partial charge in [-0.25, -0.2) is 4.79 Å². The van der Waals surface area contributed by atoms with Crippen LogP contribution < -0.4 is 4.74 Å². The molecule has 2 saturated heterocycles. The minimum Gasteiger partial charge on any atom is -0.497 e. The fourth-order valence-electron chi connectivity index (χ4n) is 4.59. The smallest absolute Gasteiger partial charge is 0.427 e. The molecule has 0 N–H and O–H groups in total. The van der Waals surface area contributed by atoms with Crippen molar-refractivity contribution in [3.63, 3.8) is 0 Å². The van der Waals surface area contributed by atoms with Gasteiger partial charge in [-0.3, -0.25) is 4.98 Å². The Morgan fingerprint density at radius 3 is 2.57 bits per heavy atom. The van der Waals surface area contributed by atoms with Crippen LogP contribution in [0.4, 0.5) is 18.0 Å². The highest BCUT2D eigenvalue weighted by molar-refractivity contribution is 5.68. The Kier molecular flexibility index (Phi) is 8.19. The summed E-state index contributed by atoms with van der Waals surface area (Å²) in [7, 11) is 1.52. The molecule has 37 heavy (non-hydrogen) atoms. The van der Waals surface area contributed by atoms with Gasteiger partial charge in [-0.2, -0.15) is 18.4 Å². The molecule has 0 aliphatic carbocycles. The van der Waals surface area contributed by atoms with Gasteiger partial charge < -0.3 is 23.8 Å². The number of ether oxygens (including phenoxy) is 4. The van der Waals surface area contributed by atoms with E-state index in [9.17, 15) is 18.0 Å². The van der Waals surface area contributed by atoms with Crippen molar-refractivity contribution in [1.29, 1.82) is 5.26 Å². The van der Waals surface area contributed by atoms with Crippen LogP contribution in [0.2, 0.25) is 0 Å². The van der Waals surface area contributed by atoms with Crippen LogP contribution in [-0.4, -0.2) is 67.3 Å². The van der Waals surface area contributed by atoms with Crippen molar-refractivity contribution in [3.05, 3.63) is 59.4 Å². The Bertz CT molecular complexity index is 1090. The fourth-order valence-corrected chi connectivity index (χ4v) is 4.59. The molecule has 2 aromatic rings. The summed E-state index contributed by atoms with van der Waals surface area (Å²) in [6.07, 6.45) is -4.96. The number of pyridine rings is 1. The normalized spacial score (nSPS) is 19.9. The molecule has 8 nitrogen and oxygen atoms in total. The quantitative estimate of drug-likeness (QED) is 0.528. The highest BCUT2D eigenvalue weighted by Crippen LogP contribution is 2.42. The lowest BCUT2D eigenvalue weighted by atomic mass is 9.84. The molecule has 3 heterocycles. The van der Waals surface area contributed by atoms with Gasteiger partial charge in [0.15, 0.2) is 0 Å². The van der Waals surface area contributed by atoms with Crippen molar-refractivity contribution in [1.82, 2.24) is 9.88 Å². The van der Waals surface area contributed by atoms with Crippen LogP contribution in [0.5, 0.6) is 5.75 Å². The van der Waals surface area contributed by atoms with Gasteiger partial charge in [0.05, 0.1) is 38.1 Å². The first-order chi connectivity index (χ1) is 17.7. The minimum absolute atomic E-state index is 0.0590. The summed E-state index contributed by atoms with van der Waals surface area (Å²) in [5.41, 5.74) is 1.52. The maximum atomic E-state index is 13.5. The van der Waals surface area contributed by atoms with E-state index in [1.807, 2.05) is 12.1 Å². The molecule has 11 heteroatoms. The van der Waals surface area contributed by atoms with E-state index in [0.29, 0.717) is 42.7 Å². The minimum atomic E-state index is -4.76. The van der Waals surface area contributed by atoms with Crippen molar-refractivity contribution in [2.24, 2.45) is 0 Å². The lowest BCUT2D eigenvalue weighted by Gasteiger charge is -2.38. The lowest BCUT2D eigenvalue weighted by molar-refractivity contribution is -0.220. The molecule has 2 fully saturated rings. The van der Waals surface area contributed by atoms with Crippen LogP contribution in [0, 0.1) is 11.3 Å². The molecule has 2 atom stereocenters. The van der Waals surface area contributed by atoms with E-state index in [1.165, 1.54) is 18.2 Å². The third kappa shape index (κ3) is 6.70. The zero-order chi connectivity index (χ0) is 26.5. The number of aromatic nitrogens is 1. The van der Waals surface area contributed by atoms with E-state index in [2.05, 4.69) is 4.98 Å². The van der Waals surface area contributed by atoms with E-state index in [4.69, 9.17) is 24.2 Å². The van der Waals surface area contributed by atoms with Crippen molar-refractivity contribution < 1.29 is 36.9 Å². The van der Waals surface area contributed by atoms with Gasteiger partial charge in [0, 0.05) is 30.9 Å². The highest BCUT2D eigenvalue weighted by atomic mass is 19.4. The van der Waals surface area contributed by atoms with Crippen LogP contribution in [0.3, 0.4) is 0 Å². The van der Waals surface area contributed by atoms with Crippen molar-refractivity contribution in [2.75, 3.05) is 33.4 Å². The summed E-state index contributed by atoms with van der Waals surface area (Å²) >= 11 is 0. The van der Waals surface area contributed by atoms with Gasteiger partial charge in [0.1, 0.15) is 11.8 Å². The van der Waals surface area contributed by atoms with E-state index in [-0.39, 0.29) is 25.6 Å². The number of benzene rings is 1. The number of carbonyl (C=O) groups is 1. The SMILES string of the molecule is COc1ccc(COCC(OC(=O)N2CCC3(CC2)CC(c2ccc(C#N)cn2)CO3)C(F)(F)F)cc1. The monoisotopic (exact) mass is 519 g/mol. The van der Waals surface area contributed by atoms with Crippen molar-refractivity contribution in [2.45, 2.75) is 49.7 Å². The van der Waals surface area contributed by atoms with Crippen LogP contribution in [0.1, 0.15) is 42.0 Å². The van der Waals surface area contributed by atoms with Crippen molar-refractivity contribution in [3.8, 4) is 11.8 Å². The topological polar surface area (TPSA) is 93.9 Å². The third-order valence-corrected chi connectivity index (χ3v) is 6.78. The Balaban J connectivity index is 1.26. The summed E-state index contributed by atoms with van der Waals surface area (Å²) < 4.78 is 61.8. The van der Waals surface area contributed by atoms with Gasteiger partial charge in [0.2, 0.25) is 6.10 Å². The second-order valence-corrected chi connectivity index (χ2v) is 9.24. The second kappa shape index (κ2) is 11.4. The maximum Gasteiger partial charge on any atom is 0.427 e. The fraction of sp³-hybridized carbons (Fsp3) is 0.500. The number of amides is 1. The van der Waals surface area contributed by atoms with E-state index in [1.54, 1.807) is 30.3 Å². The first-order valence-electron chi connectivity index (χ1n) is 11.9. The molecule has 2 unspecified atom stereocenters. The largest absolute Gasteiger partial charge is 0.497 e. The first-order valence-corrected chi connectivity index (χ1v) is 11.9. The predicted molar refractivity (Wildman–Crippen MR) is 125 cm³/mol. The number of alkyl halides is 3.